The zero-order chi connectivity index (χ0) is 22.5. The molecule has 0 saturated carbocycles. The smallest absolute Gasteiger partial charge is 0.327 e. The first-order chi connectivity index (χ1) is 14.6. The number of fused-ring (bicyclic) bond motifs is 1. The molecular formula is C20H25ClN4O4S2. The summed E-state index contributed by atoms with van der Waals surface area (Å²) in [6.45, 7) is 3.62. The summed E-state index contributed by atoms with van der Waals surface area (Å²) in [5, 5.41) is 15.1. The standard InChI is InChI=1S/C20H25ClN4O4S2/c1-20(2)14(18(28)29)25-16(27)13(17(25)31-20)24-15(26)11(12-8-30-19(22)23-12)7-9-3-5-10(21)6-4-9/h5,8-9,11,13-14,17H,3-4,6-7H2,1-2H3,(H2,22,23)(H,24,26)(H,28,29)/t9?,11?,13-,14+,17-/m1/s1. The number of carboxylic acid groups (broad SMARTS) is 1. The maximum Gasteiger partial charge on any atom is 0.327 e. The zero-order valence-corrected chi connectivity index (χ0v) is 19.6. The van der Waals surface area contributed by atoms with Crippen LogP contribution in [0, 0.1) is 5.92 Å². The molecule has 1 aromatic rings. The van der Waals surface area contributed by atoms with E-state index in [1.165, 1.54) is 28.0 Å². The third-order valence-corrected chi connectivity index (χ3v) is 8.83. The molecule has 1 aromatic heterocycles. The Kier molecular flexibility index (Phi) is 5.99. The van der Waals surface area contributed by atoms with Gasteiger partial charge in [-0.25, -0.2) is 9.78 Å². The molecule has 4 rings (SSSR count). The van der Waals surface area contributed by atoms with Crippen molar-refractivity contribution in [2.75, 3.05) is 5.73 Å². The van der Waals surface area contributed by atoms with Crippen LogP contribution >= 0.6 is 34.7 Å². The Morgan fingerprint density at radius 2 is 2.23 bits per heavy atom. The summed E-state index contributed by atoms with van der Waals surface area (Å²) < 4.78 is -0.637. The molecule has 2 saturated heterocycles. The van der Waals surface area contributed by atoms with Gasteiger partial charge in [0, 0.05) is 15.2 Å². The van der Waals surface area contributed by atoms with Crippen molar-refractivity contribution in [3.05, 3.63) is 22.2 Å². The highest BCUT2D eigenvalue weighted by Crippen LogP contribution is 2.51. The molecule has 2 unspecified atom stereocenters. The van der Waals surface area contributed by atoms with Crippen molar-refractivity contribution in [1.29, 1.82) is 0 Å². The van der Waals surface area contributed by atoms with E-state index in [9.17, 15) is 19.5 Å². The number of halogens is 1. The molecule has 2 amide bonds. The number of nitrogens with zero attached hydrogens (tertiary/aromatic N) is 2. The quantitative estimate of drug-likeness (QED) is 0.530. The highest BCUT2D eigenvalue weighted by molar-refractivity contribution is 8.01. The zero-order valence-electron chi connectivity index (χ0n) is 17.2. The number of thiazole rings is 1. The van der Waals surface area contributed by atoms with Crippen molar-refractivity contribution in [2.45, 2.75) is 67.7 Å². The minimum atomic E-state index is -1.03. The van der Waals surface area contributed by atoms with Crippen molar-refractivity contribution in [3.8, 4) is 0 Å². The highest BCUT2D eigenvalue weighted by atomic mass is 35.5. The molecule has 5 atom stereocenters. The number of nitrogen functional groups attached to an aromatic ring is 1. The molecular weight excluding hydrogens is 460 g/mol. The van der Waals surface area contributed by atoms with E-state index >= 15 is 0 Å². The predicted molar refractivity (Wildman–Crippen MR) is 121 cm³/mol. The topological polar surface area (TPSA) is 126 Å². The molecule has 0 spiro atoms. The Morgan fingerprint density at radius 1 is 1.48 bits per heavy atom. The maximum absolute atomic E-state index is 13.3. The lowest BCUT2D eigenvalue weighted by Crippen LogP contribution is -2.70. The first kappa shape index (κ1) is 22.4. The number of hydrogen-bond acceptors (Lipinski definition) is 7. The van der Waals surface area contributed by atoms with Crippen LogP contribution in [0.25, 0.3) is 0 Å². The van der Waals surface area contributed by atoms with E-state index in [2.05, 4.69) is 10.3 Å². The van der Waals surface area contributed by atoms with Crippen molar-refractivity contribution in [2.24, 2.45) is 5.92 Å². The van der Waals surface area contributed by atoms with Crippen LogP contribution in [0.4, 0.5) is 5.13 Å². The molecule has 2 fully saturated rings. The molecule has 11 heteroatoms. The largest absolute Gasteiger partial charge is 0.480 e. The molecule has 3 heterocycles. The van der Waals surface area contributed by atoms with Crippen LogP contribution in [-0.4, -0.2) is 55.0 Å². The number of aliphatic carboxylic acids is 1. The Hall–Kier alpha value is -1.78. The average molecular weight is 485 g/mol. The van der Waals surface area contributed by atoms with Gasteiger partial charge in [0.2, 0.25) is 11.8 Å². The summed E-state index contributed by atoms with van der Waals surface area (Å²) >= 11 is 8.78. The number of β-lactam (4-membered cyclic amide) rings is 1. The lowest BCUT2D eigenvalue weighted by Gasteiger charge is -2.44. The third kappa shape index (κ3) is 4.17. The average Bonchev–Trinajstić information content (AvgIpc) is 3.24. The minimum absolute atomic E-state index is 0.277. The lowest BCUT2D eigenvalue weighted by atomic mass is 9.84. The fraction of sp³-hybridized carbons (Fsp3) is 0.600. The number of anilines is 1. The van der Waals surface area contributed by atoms with Crippen LogP contribution in [0.15, 0.2) is 16.5 Å². The summed E-state index contributed by atoms with van der Waals surface area (Å²) in [5.74, 6) is -1.90. The van der Waals surface area contributed by atoms with E-state index in [0.29, 0.717) is 17.2 Å². The summed E-state index contributed by atoms with van der Waals surface area (Å²) in [7, 11) is 0. The van der Waals surface area contributed by atoms with Gasteiger partial charge in [-0.3, -0.25) is 9.59 Å². The lowest BCUT2D eigenvalue weighted by molar-refractivity contribution is -0.161. The second kappa shape index (κ2) is 8.29. The van der Waals surface area contributed by atoms with Crippen LogP contribution in [0.5, 0.6) is 0 Å². The highest BCUT2D eigenvalue weighted by Gasteiger charge is 2.64. The van der Waals surface area contributed by atoms with Gasteiger partial charge in [0.15, 0.2) is 5.13 Å². The number of rotatable bonds is 6. The van der Waals surface area contributed by atoms with Gasteiger partial charge < -0.3 is 21.1 Å². The number of nitrogens with one attached hydrogen (secondary N) is 1. The van der Waals surface area contributed by atoms with E-state index in [4.69, 9.17) is 17.3 Å². The molecule has 168 valence electrons. The van der Waals surface area contributed by atoms with Gasteiger partial charge in [0.05, 0.1) is 11.6 Å². The first-order valence-corrected chi connectivity index (χ1v) is 12.3. The van der Waals surface area contributed by atoms with Crippen molar-refractivity contribution in [1.82, 2.24) is 15.2 Å². The molecule has 4 N–H and O–H groups in total. The number of carbonyl (C=O) groups excluding carboxylic acids is 2. The fourth-order valence-corrected chi connectivity index (χ4v) is 7.07. The number of hydrogen-bond donors (Lipinski definition) is 3. The SMILES string of the molecule is CC1(C)S[C@@H]2[C@H](NC(=O)C(CC3CC=C(Cl)CC3)c3csc(N)n3)C(=O)N2[C@H]1C(=O)O. The van der Waals surface area contributed by atoms with E-state index < -0.39 is 28.7 Å². The van der Waals surface area contributed by atoms with Gasteiger partial charge in [-0.2, -0.15) is 0 Å². The Morgan fingerprint density at radius 3 is 2.81 bits per heavy atom. The van der Waals surface area contributed by atoms with E-state index in [-0.39, 0.29) is 23.1 Å². The summed E-state index contributed by atoms with van der Waals surface area (Å²) in [6.07, 6.45) is 5.06. The van der Waals surface area contributed by atoms with E-state index in [1.807, 2.05) is 19.9 Å². The molecule has 0 bridgehead atoms. The number of thioether (sulfide) groups is 1. The van der Waals surface area contributed by atoms with Gasteiger partial charge in [-0.15, -0.1) is 23.1 Å². The molecule has 8 nitrogen and oxygen atoms in total. The second-order valence-corrected chi connectivity index (χ2v) is 11.9. The number of carboxylic acids is 1. The monoisotopic (exact) mass is 484 g/mol. The number of allylic oxidation sites excluding steroid dienone is 2. The number of aromatic nitrogens is 1. The second-order valence-electron chi connectivity index (χ2n) is 8.77. The fourth-order valence-electron chi connectivity index (χ4n) is 4.63. The van der Waals surface area contributed by atoms with Crippen molar-refractivity contribution in [3.63, 3.8) is 0 Å². The normalized spacial score (nSPS) is 30.2. The molecule has 0 aromatic carbocycles. The molecule has 2 aliphatic heterocycles. The van der Waals surface area contributed by atoms with Gasteiger partial charge in [-0.1, -0.05) is 17.7 Å². The van der Waals surface area contributed by atoms with Crippen molar-refractivity contribution >= 4 is 57.6 Å². The van der Waals surface area contributed by atoms with Crippen LogP contribution in [0.3, 0.4) is 0 Å². The Labute approximate surface area is 193 Å². The van der Waals surface area contributed by atoms with Gasteiger partial charge in [-0.05, 0) is 45.4 Å². The van der Waals surface area contributed by atoms with Crippen LogP contribution in [-0.2, 0) is 14.4 Å². The number of amides is 2. The van der Waals surface area contributed by atoms with E-state index in [1.54, 1.807) is 5.38 Å². The maximum atomic E-state index is 13.3. The summed E-state index contributed by atoms with van der Waals surface area (Å²) in [6, 6.07) is -1.64. The van der Waals surface area contributed by atoms with Gasteiger partial charge in [0.25, 0.3) is 0 Å². The summed E-state index contributed by atoms with van der Waals surface area (Å²) in [5.41, 5.74) is 6.40. The third-order valence-electron chi connectivity index (χ3n) is 6.22. The van der Waals surface area contributed by atoms with Gasteiger partial charge in [0.1, 0.15) is 17.5 Å². The molecule has 3 aliphatic rings. The summed E-state index contributed by atoms with van der Waals surface area (Å²) in [4.78, 5) is 43.4. The first-order valence-electron chi connectivity index (χ1n) is 10.2. The molecule has 0 radical (unpaired) electrons. The van der Waals surface area contributed by atoms with Crippen LogP contribution in [0.2, 0.25) is 0 Å². The number of nitrogens with two attached hydrogens (primary N) is 1. The van der Waals surface area contributed by atoms with Gasteiger partial charge >= 0.3 is 5.97 Å². The van der Waals surface area contributed by atoms with E-state index in [0.717, 1.165) is 24.3 Å². The minimum Gasteiger partial charge on any atom is -0.480 e. The molecule has 31 heavy (non-hydrogen) atoms. The number of carbonyl (C=O) groups is 3. The predicted octanol–water partition coefficient (Wildman–Crippen LogP) is 2.75. The Bertz CT molecular complexity index is 949. The molecule has 1 aliphatic carbocycles. The van der Waals surface area contributed by atoms with Crippen LogP contribution in [0.1, 0.15) is 51.1 Å². The van der Waals surface area contributed by atoms with Crippen molar-refractivity contribution < 1.29 is 19.5 Å². The van der Waals surface area contributed by atoms with Crippen LogP contribution < -0.4 is 11.1 Å². The Balaban J connectivity index is 1.49.